The van der Waals surface area contributed by atoms with Gasteiger partial charge in [-0.1, -0.05) is 6.07 Å². The van der Waals surface area contributed by atoms with E-state index < -0.39 is 21.4 Å². The van der Waals surface area contributed by atoms with Crippen LogP contribution in [0.2, 0.25) is 0 Å². The number of unbranched alkanes of at least 4 members (excludes halogenated alkanes) is 2. The molecule has 1 aromatic carbocycles. The summed E-state index contributed by atoms with van der Waals surface area (Å²) in [7, 11) is -3.51. The van der Waals surface area contributed by atoms with Crippen molar-refractivity contribution in [1.29, 1.82) is 0 Å². The van der Waals surface area contributed by atoms with E-state index in [9.17, 15) is 17.6 Å². The molecule has 1 aliphatic carbocycles. The summed E-state index contributed by atoms with van der Waals surface area (Å²) in [5.41, 5.74) is -0.259. The number of sulfonamides is 1. The molecule has 0 amide bonds. The van der Waals surface area contributed by atoms with E-state index in [0.29, 0.717) is 37.4 Å². The summed E-state index contributed by atoms with van der Waals surface area (Å²) >= 11 is 0. The first-order valence-electron chi connectivity index (χ1n) is 8.61. The molecular weight excluding hydrogens is 345 g/mol. The van der Waals surface area contributed by atoms with E-state index in [1.54, 1.807) is 26.0 Å². The SMILES string of the molecule is CC(C)(NS(=O)(=O)CCCCC=O)c1ccc(F)c(OCC2CC2)c1. The summed E-state index contributed by atoms with van der Waals surface area (Å²) in [6.07, 6.45) is 4.32. The van der Waals surface area contributed by atoms with Crippen LogP contribution in [-0.2, 0) is 20.4 Å². The number of hydrogen-bond donors (Lipinski definition) is 1. The molecule has 140 valence electrons. The summed E-state index contributed by atoms with van der Waals surface area (Å²) in [4.78, 5) is 10.3. The standard InChI is InChI=1S/C18H26FNO4S/c1-18(2,20-25(22,23)11-5-3-4-10-21)15-8-9-16(19)17(12-15)24-13-14-6-7-14/h8-10,12,14,20H,3-7,11,13H2,1-2H3. The highest BCUT2D eigenvalue weighted by Gasteiger charge is 2.28. The number of benzene rings is 1. The number of carbonyl (C=O) groups is 1. The predicted molar refractivity (Wildman–Crippen MR) is 94.5 cm³/mol. The van der Waals surface area contributed by atoms with Gasteiger partial charge in [0, 0.05) is 6.42 Å². The number of aldehydes is 1. The molecule has 1 aliphatic rings. The van der Waals surface area contributed by atoms with Crippen molar-refractivity contribution in [3.05, 3.63) is 29.6 Å². The molecule has 0 radical (unpaired) electrons. The molecule has 2 rings (SSSR count). The minimum atomic E-state index is -3.51. The molecule has 0 aromatic heterocycles. The van der Waals surface area contributed by atoms with Gasteiger partial charge in [-0.2, -0.15) is 0 Å². The second-order valence-electron chi connectivity index (χ2n) is 7.11. The van der Waals surface area contributed by atoms with Gasteiger partial charge < -0.3 is 9.53 Å². The van der Waals surface area contributed by atoms with Crippen LogP contribution in [0.3, 0.4) is 0 Å². The van der Waals surface area contributed by atoms with Crippen molar-refractivity contribution in [3.63, 3.8) is 0 Å². The van der Waals surface area contributed by atoms with E-state index in [-0.39, 0.29) is 11.5 Å². The Kier molecular flexibility index (Phi) is 6.57. The highest BCUT2D eigenvalue weighted by Crippen LogP contribution is 2.32. The molecule has 0 saturated heterocycles. The first-order valence-corrected chi connectivity index (χ1v) is 10.3. The van der Waals surface area contributed by atoms with Crippen molar-refractivity contribution in [2.24, 2.45) is 5.92 Å². The molecule has 1 N–H and O–H groups in total. The first kappa shape index (κ1) is 19.8. The van der Waals surface area contributed by atoms with E-state index in [4.69, 9.17) is 4.74 Å². The first-order chi connectivity index (χ1) is 11.7. The van der Waals surface area contributed by atoms with Crippen molar-refractivity contribution in [3.8, 4) is 5.75 Å². The monoisotopic (exact) mass is 371 g/mol. The second-order valence-corrected chi connectivity index (χ2v) is 8.95. The van der Waals surface area contributed by atoms with Crippen LogP contribution in [-0.4, -0.2) is 27.1 Å². The number of halogens is 1. The lowest BCUT2D eigenvalue weighted by Crippen LogP contribution is -2.42. The zero-order chi connectivity index (χ0) is 18.5. The second kappa shape index (κ2) is 8.27. The molecule has 1 aromatic rings. The molecule has 5 nitrogen and oxygen atoms in total. The summed E-state index contributed by atoms with van der Waals surface area (Å²) in [5.74, 6) is 0.164. The van der Waals surface area contributed by atoms with E-state index in [1.807, 2.05) is 0 Å². The number of ether oxygens (including phenoxy) is 1. The van der Waals surface area contributed by atoms with E-state index >= 15 is 0 Å². The average molecular weight is 371 g/mol. The van der Waals surface area contributed by atoms with Gasteiger partial charge in [-0.25, -0.2) is 17.5 Å². The molecule has 0 unspecified atom stereocenters. The third-order valence-corrected chi connectivity index (χ3v) is 5.87. The summed E-state index contributed by atoms with van der Waals surface area (Å²) in [5, 5.41) is 0. The zero-order valence-corrected chi connectivity index (χ0v) is 15.6. The lowest BCUT2D eigenvalue weighted by atomic mass is 9.95. The van der Waals surface area contributed by atoms with Gasteiger partial charge in [-0.05, 0) is 63.1 Å². The molecule has 1 saturated carbocycles. The van der Waals surface area contributed by atoms with Crippen LogP contribution in [0.4, 0.5) is 4.39 Å². The summed E-state index contributed by atoms with van der Waals surface area (Å²) < 4.78 is 46.6. The number of rotatable bonds is 11. The van der Waals surface area contributed by atoms with E-state index in [0.717, 1.165) is 19.1 Å². The molecule has 7 heteroatoms. The lowest BCUT2D eigenvalue weighted by molar-refractivity contribution is -0.107. The maximum absolute atomic E-state index is 13.9. The summed E-state index contributed by atoms with van der Waals surface area (Å²) in [6.45, 7) is 3.95. The van der Waals surface area contributed by atoms with Crippen LogP contribution in [0.15, 0.2) is 18.2 Å². The van der Waals surface area contributed by atoms with Gasteiger partial charge in [0.2, 0.25) is 10.0 Å². The lowest BCUT2D eigenvalue weighted by Gasteiger charge is -2.27. The Bertz CT molecular complexity index is 699. The largest absolute Gasteiger partial charge is 0.490 e. The zero-order valence-electron chi connectivity index (χ0n) is 14.8. The Balaban J connectivity index is 2.03. The third kappa shape index (κ3) is 6.40. The smallest absolute Gasteiger partial charge is 0.212 e. The maximum atomic E-state index is 13.9. The van der Waals surface area contributed by atoms with Crippen LogP contribution < -0.4 is 9.46 Å². The van der Waals surface area contributed by atoms with Crippen molar-refractivity contribution >= 4 is 16.3 Å². The molecule has 1 fully saturated rings. The number of nitrogens with one attached hydrogen (secondary N) is 1. The van der Waals surface area contributed by atoms with Gasteiger partial charge >= 0.3 is 0 Å². The minimum absolute atomic E-state index is 0.0451. The Labute approximate surface area is 149 Å². The van der Waals surface area contributed by atoms with Gasteiger partial charge in [0.15, 0.2) is 11.6 Å². The minimum Gasteiger partial charge on any atom is -0.490 e. The van der Waals surface area contributed by atoms with Crippen LogP contribution in [0.25, 0.3) is 0 Å². The molecule has 25 heavy (non-hydrogen) atoms. The molecule has 0 heterocycles. The fourth-order valence-electron chi connectivity index (χ4n) is 2.51. The molecule has 0 spiro atoms. The summed E-state index contributed by atoms with van der Waals surface area (Å²) in [6, 6.07) is 4.43. The van der Waals surface area contributed by atoms with Gasteiger partial charge in [-0.15, -0.1) is 0 Å². The third-order valence-electron chi connectivity index (χ3n) is 4.22. The van der Waals surface area contributed by atoms with Crippen LogP contribution >= 0.6 is 0 Å². The van der Waals surface area contributed by atoms with Crippen LogP contribution in [0.1, 0.15) is 51.5 Å². The Hall–Kier alpha value is -1.47. The molecule has 0 bridgehead atoms. The highest BCUT2D eigenvalue weighted by molar-refractivity contribution is 7.89. The van der Waals surface area contributed by atoms with Gasteiger partial charge in [0.1, 0.15) is 6.29 Å². The number of hydrogen-bond acceptors (Lipinski definition) is 4. The van der Waals surface area contributed by atoms with Crippen molar-refractivity contribution in [1.82, 2.24) is 4.72 Å². The van der Waals surface area contributed by atoms with Crippen molar-refractivity contribution < 1.29 is 22.3 Å². The fraction of sp³-hybridized carbons (Fsp3) is 0.611. The Morgan fingerprint density at radius 3 is 2.68 bits per heavy atom. The Morgan fingerprint density at radius 2 is 2.04 bits per heavy atom. The van der Waals surface area contributed by atoms with Gasteiger partial charge in [-0.3, -0.25) is 0 Å². The fourth-order valence-corrected chi connectivity index (χ4v) is 4.09. The molecule has 0 aliphatic heterocycles. The maximum Gasteiger partial charge on any atom is 0.212 e. The quantitative estimate of drug-likeness (QED) is 0.479. The van der Waals surface area contributed by atoms with Crippen molar-refractivity contribution in [2.45, 2.75) is 51.5 Å². The van der Waals surface area contributed by atoms with E-state index in [1.165, 1.54) is 6.07 Å². The Morgan fingerprint density at radius 1 is 1.32 bits per heavy atom. The topological polar surface area (TPSA) is 72.5 Å². The van der Waals surface area contributed by atoms with E-state index in [2.05, 4.69) is 4.72 Å². The van der Waals surface area contributed by atoms with Crippen LogP contribution in [0, 0.1) is 11.7 Å². The normalized spacial score (nSPS) is 15.2. The van der Waals surface area contributed by atoms with Crippen molar-refractivity contribution in [2.75, 3.05) is 12.4 Å². The molecule has 0 atom stereocenters. The van der Waals surface area contributed by atoms with Gasteiger partial charge in [0.05, 0.1) is 17.9 Å². The average Bonchev–Trinajstić information content (AvgIpc) is 3.34. The number of carbonyl (C=O) groups excluding carboxylic acids is 1. The van der Waals surface area contributed by atoms with Gasteiger partial charge in [0.25, 0.3) is 0 Å². The molecular formula is C18H26FNO4S. The highest BCUT2D eigenvalue weighted by atomic mass is 32.2. The predicted octanol–water partition coefficient (Wildman–Crippen LogP) is 3.14. The van der Waals surface area contributed by atoms with Crippen LogP contribution in [0.5, 0.6) is 5.75 Å².